The summed E-state index contributed by atoms with van der Waals surface area (Å²) in [6.45, 7) is 7.43. The molecule has 3 nitrogen and oxygen atoms in total. The summed E-state index contributed by atoms with van der Waals surface area (Å²) in [5.41, 5.74) is 1.30. The van der Waals surface area contributed by atoms with Gasteiger partial charge in [0.25, 0.3) is 0 Å². The average molecular weight is 335 g/mol. The molecule has 0 saturated carbocycles. The van der Waals surface area contributed by atoms with Gasteiger partial charge >= 0.3 is 0 Å². The van der Waals surface area contributed by atoms with Crippen molar-refractivity contribution in [3.63, 3.8) is 0 Å². The van der Waals surface area contributed by atoms with E-state index in [4.69, 9.17) is 4.74 Å². The van der Waals surface area contributed by atoms with E-state index in [2.05, 4.69) is 42.7 Å². The second-order valence-corrected chi connectivity index (χ2v) is 5.52. The lowest BCUT2D eigenvalue weighted by Gasteiger charge is -2.24. The molecule has 0 radical (unpaired) electrons. The van der Waals surface area contributed by atoms with Crippen molar-refractivity contribution < 1.29 is 4.74 Å². The Morgan fingerprint density at radius 2 is 2.05 bits per heavy atom. The Morgan fingerprint density at radius 1 is 1.29 bits per heavy atom. The van der Waals surface area contributed by atoms with E-state index in [-0.39, 0.29) is 30.9 Å². The van der Waals surface area contributed by atoms with Crippen LogP contribution in [0.2, 0.25) is 0 Å². The van der Waals surface area contributed by atoms with Gasteiger partial charge in [0, 0.05) is 12.6 Å². The first-order valence-electron chi connectivity index (χ1n) is 7.44. The number of rotatable bonds is 6. The summed E-state index contributed by atoms with van der Waals surface area (Å²) >= 11 is 0. The number of hydrogen-bond acceptors (Lipinski definition) is 3. The van der Waals surface area contributed by atoms with Crippen LogP contribution in [-0.4, -0.2) is 31.8 Å². The fraction of sp³-hybridized carbons (Fsp3) is 0.625. The average Bonchev–Trinajstić information content (AvgIpc) is 2.41. The van der Waals surface area contributed by atoms with Gasteiger partial charge in [-0.3, -0.25) is 0 Å². The zero-order valence-electron chi connectivity index (χ0n) is 12.9. The predicted molar refractivity (Wildman–Crippen MR) is 94.3 cm³/mol. The molecule has 0 bridgehead atoms. The molecule has 2 rings (SSSR count). The fourth-order valence-electron chi connectivity index (χ4n) is 2.52. The van der Waals surface area contributed by atoms with Crippen molar-refractivity contribution in [1.29, 1.82) is 0 Å². The fourth-order valence-corrected chi connectivity index (χ4v) is 2.52. The van der Waals surface area contributed by atoms with Crippen LogP contribution in [0, 0.1) is 0 Å². The van der Waals surface area contributed by atoms with E-state index in [0.717, 1.165) is 25.3 Å². The van der Waals surface area contributed by atoms with Gasteiger partial charge in [-0.15, -0.1) is 24.8 Å². The van der Waals surface area contributed by atoms with Crippen LogP contribution in [0.1, 0.15) is 32.3 Å². The lowest BCUT2D eigenvalue weighted by molar-refractivity contribution is 0.239. The molecule has 1 atom stereocenters. The number of halogens is 2. The summed E-state index contributed by atoms with van der Waals surface area (Å²) < 4.78 is 5.85. The molecule has 0 aliphatic carbocycles. The normalized spacial score (nSPS) is 17.8. The van der Waals surface area contributed by atoms with Gasteiger partial charge in [0.15, 0.2) is 0 Å². The van der Waals surface area contributed by atoms with Crippen molar-refractivity contribution >= 4 is 24.8 Å². The van der Waals surface area contributed by atoms with Crippen molar-refractivity contribution in [2.24, 2.45) is 0 Å². The second-order valence-electron chi connectivity index (χ2n) is 5.52. The molecule has 1 saturated heterocycles. The number of para-hydroxylation sites is 1. The maximum atomic E-state index is 5.85. The highest BCUT2D eigenvalue weighted by Gasteiger charge is 2.12. The summed E-state index contributed by atoms with van der Waals surface area (Å²) in [5, 5.41) is 7.07. The van der Waals surface area contributed by atoms with Crippen LogP contribution in [0.15, 0.2) is 24.3 Å². The summed E-state index contributed by atoms with van der Waals surface area (Å²) in [7, 11) is 0. The second kappa shape index (κ2) is 11.1. The summed E-state index contributed by atoms with van der Waals surface area (Å²) in [6, 6.07) is 8.99. The predicted octanol–water partition coefficient (Wildman–Crippen LogP) is 3.20. The van der Waals surface area contributed by atoms with Gasteiger partial charge in [-0.05, 0) is 57.8 Å². The molecule has 1 unspecified atom stereocenters. The molecule has 1 aliphatic heterocycles. The van der Waals surface area contributed by atoms with Gasteiger partial charge in [0.2, 0.25) is 0 Å². The van der Waals surface area contributed by atoms with Gasteiger partial charge in [-0.1, -0.05) is 18.2 Å². The Hall–Kier alpha value is -0.480. The van der Waals surface area contributed by atoms with Gasteiger partial charge in [0.1, 0.15) is 5.75 Å². The van der Waals surface area contributed by atoms with Crippen LogP contribution in [0.25, 0.3) is 0 Å². The maximum absolute atomic E-state index is 5.85. The lowest BCUT2D eigenvalue weighted by Crippen LogP contribution is -2.43. The largest absolute Gasteiger partial charge is 0.491 e. The van der Waals surface area contributed by atoms with Crippen LogP contribution in [0.3, 0.4) is 0 Å². The Kier molecular flexibility index (Phi) is 10.9. The van der Waals surface area contributed by atoms with Crippen molar-refractivity contribution in [2.75, 3.05) is 19.6 Å². The minimum Gasteiger partial charge on any atom is -0.491 e. The minimum absolute atomic E-state index is 0. The van der Waals surface area contributed by atoms with Crippen LogP contribution < -0.4 is 15.4 Å². The molecule has 1 aromatic carbocycles. The number of ether oxygens (including phenoxy) is 1. The van der Waals surface area contributed by atoms with Gasteiger partial charge in [0.05, 0.1) is 6.10 Å². The zero-order valence-corrected chi connectivity index (χ0v) is 14.6. The molecule has 0 aromatic heterocycles. The van der Waals surface area contributed by atoms with Crippen molar-refractivity contribution in [2.45, 2.75) is 45.3 Å². The molecule has 1 aromatic rings. The number of hydrogen-bond donors (Lipinski definition) is 2. The third kappa shape index (κ3) is 7.37. The minimum atomic E-state index is 0. The van der Waals surface area contributed by atoms with Gasteiger partial charge in [-0.2, -0.15) is 0 Å². The molecular formula is C16H28Cl2N2O. The van der Waals surface area contributed by atoms with Crippen molar-refractivity contribution in [3.05, 3.63) is 29.8 Å². The number of benzene rings is 1. The van der Waals surface area contributed by atoms with Crippen molar-refractivity contribution in [1.82, 2.24) is 10.6 Å². The lowest BCUT2D eigenvalue weighted by atomic mass is 10.1. The molecule has 0 amide bonds. The van der Waals surface area contributed by atoms with Crippen LogP contribution >= 0.6 is 24.8 Å². The molecule has 1 aliphatic rings. The highest BCUT2D eigenvalue weighted by molar-refractivity contribution is 5.85. The van der Waals surface area contributed by atoms with E-state index in [1.165, 1.54) is 24.9 Å². The Morgan fingerprint density at radius 3 is 2.71 bits per heavy atom. The number of piperidine rings is 1. The quantitative estimate of drug-likeness (QED) is 0.838. The summed E-state index contributed by atoms with van der Waals surface area (Å²) in [5.74, 6) is 1.03. The molecule has 1 fully saturated rings. The smallest absolute Gasteiger partial charge is 0.122 e. The van der Waals surface area contributed by atoms with Crippen LogP contribution in [0.5, 0.6) is 5.75 Å². The van der Waals surface area contributed by atoms with E-state index < -0.39 is 0 Å². The monoisotopic (exact) mass is 334 g/mol. The highest BCUT2D eigenvalue weighted by Crippen LogP contribution is 2.19. The Bertz CT molecular complexity index is 382. The third-order valence-corrected chi connectivity index (χ3v) is 3.46. The SMILES string of the molecule is CC(C)Oc1ccccc1CCNC1CCCNC1.Cl.Cl. The molecule has 21 heavy (non-hydrogen) atoms. The standard InChI is InChI=1S/C16H26N2O.2ClH/c1-13(2)19-16-8-4-3-6-14(16)9-11-18-15-7-5-10-17-12-15;;/h3-4,6,8,13,15,17-18H,5,7,9-12H2,1-2H3;2*1H. The Labute approximate surface area is 141 Å². The van der Waals surface area contributed by atoms with Gasteiger partial charge in [-0.25, -0.2) is 0 Å². The zero-order chi connectivity index (χ0) is 13.5. The maximum Gasteiger partial charge on any atom is 0.122 e. The first-order chi connectivity index (χ1) is 9.25. The topological polar surface area (TPSA) is 33.3 Å². The van der Waals surface area contributed by atoms with Crippen LogP contribution in [-0.2, 0) is 6.42 Å². The van der Waals surface area contributed by atoms with E-state index in [1.54, 1.807) is 0 Å². The first kappa shape index (κ1) is 20.5. The highest BCUT2D eigenvalue weighted by atomic mass is 35.5. The molecule has 0 spiro atoms. The third-order valence-electron chi connectivity index (χ3n) is 3.46. The van der Waals surface area contributed by atoms with E-state index in [1.807, 2.05) is 6.07 Å². The molecule has 122 valence electrons. The molecule has 2 N–H and O–H groups in total. The van der Waals surface area contributed by atoms with E-state index >= 15 is 0 Å². The Balaban J connectivity index is 0.00000200. The van der Waals surface area contributed by atoms with E-state index in [0.29, 0.717) is 6.04 Å². The van der Waals surface area contributed by atoms with Crippen molar-refractivity contribution in [3.8, 4) is 5.75 Å². The molecular weight excluding hydrogens is 307 g/mol. The molecule has 1 heterocycles. The number of nitrogens with one attached hydrogen (secondary N) is 2. The summed E-state index contributed by atoms with van der Waals surface area (Å²) in [4.78, 5) is 0. The van der Waals surface area contributed by atoms with Gasteiger partial charge < -0.3 is 15.4 Å². The van der Waals surface area contributed by atoms with Crippen LogP contribution in [0.4, 0.5) is 0 Å². The molecule has 5 heteroatoms. The summed E-state index contributed by atoms with van der Waals surface area (Å²) in [6.07, 6.45) is 3.83. The first-order valence-corrected chi connectivity index (χ1v) is 7.44. The van der Waals surface area contributed by atoms with E-state index in [9.17, 15) is 0 Å².